The first-order valence-electron chi connectivity index (χ1n) is 8.73. The zero-order valence-electron chi connectivity index (χ0n) is 14.5. The second kappa shape index (κ2) is 7.96. The summed E-state index contributed by atoms with van der Waals surface area (Å²) < 4.78 is 0. The number of piperidine rings is 1. The molecule has 0 unspecified atom stereocenters. The first-order chi connectivity index (χ1) is 12.1. The summed E-state index contributed by atoms with van der Waals surface area (Å²) in [5.41, 5.74) is 4.03. The number of amides is 1. The van der Waals surface area contributed by atoms with Crippen molar-refractivity contribution in [3.05, 3.63) is 65.2 Å². The molecule has 0 bridgehead atoms. The first-order valence-corrected chi connectivity index (χ1v) is 8.73. The number of carbonyl (C=O) groups excluding carboxylic acids is 1. The van der Waals surface area contributed by atoms with Gasteiger partial charge in [-0.1, -0.05) is 29.8 Å². The molecule has 3 rings (SSSR count). The molecule has 25 heavy (non-hydrogen) atoms. The van der Waals surface area contributed by atoms with Crippen molar-refractivity contribution < 1.29 is 4.79 Å². The van der Waals surface area contributed by atoms with E-state index in [9.17, 15) is 4.79 Å². The quantitative estimate of drug-likeness (QED) is 0.928. The molecule has 2 aromatic carbocycles. The van der Waals surface area contributed by atoms with E-state index in [1.807, 2.05) is 0 Å². The third kappa shape index (κ3) is 4.68. The van der Waals surface area contributed by atoms with Crippen molar-refractivity contribution in [2.45, 2.75) is 25.7 Å². The first kappa shape index (κ1) is 17.2. The lowest BCUT2D eigenvalue weighted by Crippen LogP contribution is -2.38. The molecule has 0 saturated carbocycles. The van der Waals surface area contributed by atoms with E-state index >= 15 is 0 Å². The fraction of sp³-hybridized carbons (Fsp3) is 0.333. The van der Waals surface area contributed by atoms with Gasteiger partial charge in [0.05, 0.1) is 18.2 Å². The molecule has 4 nitrogen and oxygen atoms in total. The van der Waals surface area contributed by atoms with Crippen LogP contribution in [0.5, 0.6) is 0 Å². The number of nitrogens with one attached hydrogen (secondary N) is 1. The van der Waals surface area contributed by atoms with Crippen molar-refractivity contribution in [2.24, 2.45) is 0 Å². The van der Waals surface area contributed by atoms with E-state index in [1.54, 1.807) is 24.3 Å². The number of aryl methyl sites for hydroxylation is 1. The normalized spacial score (nSPS) is 15.5. The summed E-state index contributed by atoms with van der Waals surface area (Å²) >= 11 is 0. The molecule has 1 fully saturated rings. The minimum Gasteiger partial charge on any atom is -0.325 e. The van der Waals surface area contributed by atoms with E-state index in [4.69, 9.17) is 5.26 Å². The van der Waals surface area contributed by atoms with Crippen LogP contribution in [0.4, 0.5) is 5.69 Å². The van der Waals surface area contributed by atoms with Crippen molar-refractivity contribution in [3.63, 3.8) is 0 Å². The second-order valence-electron chi connectivity index (χ2n) is 6.70. The fourth-order valence-electron chi connectivity index (χ4n) is 3.29. The zero-order chi connectivity index (χ0) is 17.6. The lowest BCUT2D eigenvalue weighted by Gasteiger charge is -2.31. The highest BCUT2D eigenvalue weighted by molar-refractivity contribution is 5.92. The van der Waals surface area contributed by atoms with Crippen molar-refractivity contribution in [2.75, 3.05) is 25.0 Å². The SMILES string of the molecule is Cc1ccc(C2CCN(CC(=O)Nc3ccc(C#N)cc3)CC2)cc1. The van der Waals surface area contributed by atoms with Gasteiger partial charge in [-0.2, -0.15) is 5.26 Å². The molecule has 0 spiro atoms. The molecule has 2 aromatic rings. The van der Waals surface area contributed by atoms with Crippen LogP contribution < -0.4 is 5.32 Å². The van der Waals surface area contributed by atoms with Crippen molar-refractivity contribution >= 4 is 11.6 Å². The highest BCUT2D eigenvalue weighted by atomic mass is 16.2. The van der Waals surface area contributed by atoms with Gasteiger partial charge in [-0.25, -0.2) is 0 Å². The van der Waals surface area contributed by atoms with Crippen molar-refractivity contribution in [3.8, 4) is 6.07 Å². The number of likely N-dealkylation sites (tertiary alicyclic amines) is 1. The monoisotopic (exact) mass is 333 g/mol. The van der Waals surface area contributed by atoms with Gasteiger partial charge in [0, 0.05) is 5.69 Å². The summed E-state index contributed by atoms with van der Waals surface area (Å²) in [6, 6.07) is 17.8. The molecule has 1 amide bonds. The molecular weight excluding hydrogens is 310 g/mol. The highest BCUT2D eigenvalue weighted by Gasteiger charge is 2.21. The van der Waals surface area contributed by atoms with E-state index in [2.05, 4.69) is 47.5 Å². The van der Waals surface area contributed by atoms with Gasteiger partial charge in [-0.15, -0.1) is 0 Å². The maximum Gasteiger partial charge on any atom is 0.238 e. The minimum atomic E-state index is -0.00139. The predicted octanol–water partition coefficient (Wildman–Crippen LogP) is 3.68. The van der Waals surface area contributed by atoms with Crippen LogP contribution in [-0.2, 0) is 4.79 Å². The number of hydrogen-bond acceptors (Lipinski definition) is 3. The predicted molar refractivity (Wildman–Crippen MR) is 99.4 cm³/mol. The molecule has 128 valence electrons. The topological polar surface area (TPSA) is 56.1 Å². The number of carbonyl (C=O) groups is 1. The Hall–Kier alpha value is -2.64. The van der Waals surface area contributed by atoms with Gasteiger partial charge in [0.15, 0.2) is 0 Å². The number of nitriles is 1. The maximum absolute atomic E-state index is 12.2. The Morgan fingerprint density at radius 3 is 2.36 bits per heavy atom. The summed E-state index contributed by atoms with van der Waals surface area (Å²) in [7, 11) is 0. The molecule has 1 heterocycles. The van der Waals surface area contributed by atoms with E-state index in [-0.39, 0.29) is 5.91 Å². The van der Waals surface area contributed by atoms with Crippen LogP contribution in [0, 0.1) is 18.3 Å². The van der Waals surface area contributed by atoms with Crippen LogP contribution in [0.2, 0.25) is 0 Å². The number of benzene rings is 2. The van der Waals surface area contributed by atoms with Gasteiger partial charge in [-0.3, -0.25) is 9.69 Å². The molecule has 1 saturated heterocycles. The smallest absolute Gasteiger partial charge is 0.238 e. The van der Waals surface area contributed by atoms with Crippen LogP contribution in [-0.4, -0.2) is 30.4 Å². The summed E-state index contributed by atoms with van der Waals surface area (Å²) in [5, 5.41) is 11.7. The third-order valence-electron chi connectivity index (χ3n) is 4.80. The summed E-state index contributed by atoms with van der Waals surface area (Å²) in [5.74, 6) is 0.594. The molecule has 1 aliphatic heterocycles. The lowest BCUT2D eigenvalue weighted by molar-refractivity contribution is -0.117. The Balaban J connectivity index is 1.47. The standard InChI is InChI=1S/C21H23N3O/c1-16-2-6-18(7-3-16)19-10-12-24(13-11-19)15-21(25)23-20-8-4-17(14-22)5-9-20/h2-9,19H,10-13,15H2,1H3,(H,23,25). The van der Waals surface area contributed by atoms with Crippen LogP contribution in [0.1, 0.15) is 35.4 Å². The zero-order valence-corrected chi connectivity index (χ0v) is 14.5. The molecule has 1 aliphatic rings. The molecule has 0 aromatic heterocycles. The van der Waals surface area contributed by atoms with Gasteiger partial charge in [0.25, 0.3) is 0 Å². The average molecular weight is 333 g/mol. The van der Waals surface area contributed by atoms with Gasteiger partial charge in [0.1, 0.15) is 0 Å². The Morgan fingerprint density at radius 2 is 1.76 bits per heavy atom. The van der Waals surface area contributed by atoms with E-state index in [0.717, 1.165) is 31.6 Å². The molecule has 0 radical (unpaired) electrons. The third-order valence-corrected chi connectivity index (χ3v) is 4.80. The Bertz CT molecular complexity index is 751. The van der Waals surface area contributed by atoms with Crippen molar-refractivity contribution in [1.82, 2.24) is 4.90 Å². The highest BCUT2D eigenvalue weighted by Crippen LogP contribution is 2.28. The Morgan fingerprint density at radius 1 is 1.12 bits per heavy atom. The molecule has 0 aliphatic carbocycles. The van der Waals surface area contributed by atoms with Crippen LogP contribution in [0.25, 0.3) is 0 Å². The summed E-state index contributed by atoms with van der Waals surface area (Å²) in [6.07, 6.45) is 2.18. The lowest BCUT2D eigenvalue weighted by atomic mass is 9.89. The van der Waals surface area contributed by atoms with Crippen LogP contribution in [0.15, 0.2) is 48.5 Å². The Kier molecular flexibility index (Phi) is 5.47. The molecular formula is C21H23N3O. The largest absolute Gasteiger partial charge is 0.325 e. The van der Waals surface area contributed by atoms with E-state index in [0.29, 0.717) is 18.0 Å². The summed E-state index contributed by atoms with van der Waals surface area (Å²) in [4.78, 5) is 14.4. The van der Waals surface area contributed by atoms with E-state index in [1.165, 1.54) is 11.1 Å². The minimum absolute atomic E-state index is 0.00139. The van der Waals surface area contributed by atoms with Gasteiger partial charge in [0.2, 0.25) is 5.91 Å². The second-order valence-corrected chi connectivity index (χ2v) is 6.70. The number of rotatable bonds is 4. The van der Waals surface area contributed by atoms with E-state index < -0.39 is 0 Å². The van der Waals surface area contributed by atoms with Crippen molar-refractivity contribution in [1.29, 1.82) is 5.26 Å². The van der Waals surface area contributed by atoms with Gasteiger partial charge in [-0.05, 0) is 68.6 Å². The fourth-order valence-corrected chi connectivity index (χ4v) is 3.29. The number of anilines is 1. The molecule has 1 N–H and O–H groups in total. The summed E-state index contributed by atoms with van der Waals surface area (Å²) in [6.45, 7) is 4.41. The maximum atomic E-state index is 12.2. The van der Waals surface area contributed by atoms with Gasteiger partial charge >= 0.3 is 0 Å². The number of nitrogens with zero attached hydrogens (tertiary/aromatic N) is 2. The number of hydrogen-bond donors (Lipinski definition) is 1. The Labute approximate surface area is 149 Å². The van der Waals surface area contributed by atoms with Crippen LogP contribution >= 0.6 is 0 Å². The molecule has 4 heteroatoms. The molecule has 0 atom stereocenters. The van der Waals surface area contributed by atoms with Crippen LogP contribution in [0.3, 0.4) is 0 Å². The van der Waals surface area contributed by atoms with Gasteiger partial charge < -0.3 is 5.32 Å². The average Bonchev–Trinajstić information content (AvgIpc) is 2.64.